The Kier molecular flexibility index (Phi) is 35.7. The van der Waals surface area contributed by atoms with Crippen LogP contribution in [-0.4, -0.2) is 51.6 Å². The lowest BCUT2D eigenvalue weighted by atomic mass is 10.2. The maximum Gasteiger partial charge on any atom is 0.0770 e. The van der Waals surface area contributed by atoms with Gasteiger partial charge in [-0.25, -0.2) is 0 Å². The van der Waals surface area contributed by atoms with Crippen LogP contribution < -0.4 is 19.8 Å². The van der Waals surface area contributed by atoms with Gasteiger partial charge in [-0.05, 0) is 38.5 Å². The van der Waals surface area contributed by atoms with Crippen LogP contribution in [0.4, 0.5) is 0 Å². The molecule has 0 atom stereocenters. The molecule has 0 unspecified atom stereocenters. The van der Waals surface area contributed by atoms with Gasteiger partial charge in [-0.1, -0.05) is 80.1 Å². The molecule has 0 saturated heterocycles. The Morgan fingerprint density at radius 2 is 0.600 bits per heavy atom. The van der Waals surface area contributed by atoms with E-state index >= 15 is 0 Å². The zero-order valence-corrected chi connectivity index (χ0v) is 21.6. The Bertz CT molecular complexity index is 220. The van der Waals surface area contributed by atoms with Crippen LogP contribution in [0.5, 0.6) is 0 Å². The van der Waals surface area contributed by atoms with Crippen molar-refractivity contribution in [3.8, 4) is 0 Å². The van der Waals surface area contributed by atoms with E-state index in [0.717, 1.165) is 0 Å². The van der Waals surface area contributed by atoms with E-state index in [0.29, 0.717) is 0 Å². The summed E-state index contributed by atoms with van der Waals surface area (Å²) in [6.45, 7) is 22.1. The zero-order chi connectivity index (χ0) is 23.5. The smallest absolute Gasteiger partial charge is 0.0770 e. The molecule has 0 radical (unpaired) electrons. The minimum Gasteiger partial charge on any atom is -0.871 e. The average Bonchev–Trinajstić information content (AvgIpc) is 2.72. The second kappa shape index (κ2) is 31.1. The van der Waals surface area contributed by atoms with Gasteiger partial charge in [0.15, 0.2) is 0 Å². The molecule has 5 nitrogen and oxygen atoms in total. The third kappa shape index (κ3) is 35.3. The molecule has 6 heteroatoms. The first-order valence-electron chi connectivity index (χ1n) is 13.1. The maximum absolute atomic E-state index is 8.53. The number of unbranched alkanes of at least 4 members (excludes halogenated alkanes) is 6. The molecular formula is C24H57BN2O3. The molecule has 30 heavy (non-hydrogen) atoms. The van der Waals surface area contributed by atoms with Crippen molar-refractivity contribution < 1.29 is 24.9 Å². The summed E-state index contributed by atoms with van der Waals surface area (Å²) >= 11 is 0. The normalized spacial score (nSPS) is 10.5. The average molecular weight is 433 g/mol. The third-order valence-corrected chi connectivity index (χ3v) is 5.30. The van der Waals surface area contributed by atoms with Gasteiger partial charge in [0.2, 0.25) is 0 Å². The summed E-state index contributed by atoms with van der Waals surface area (Å²) in [7, 11) is -2.67. The number of hydrogen-bond donors (Lipinski definition) is 3. The van der Waals surface area contributed by atoms with Crippen molar-refractivity contribution in [1.29, 1.82) is 0 Å². The monoisotopic (exact) mass is 432 g/mol. The Balaban J connectivity index is -0.000000412. The first-order chi connectivity index (χ1) is 14.4. The molecule has 0 aliphatic rings. The van der Waals surface area contributed by atoms with Crippen LogP contribution in [0.25, 0.3) is 0 Å². The predicted molar refractivity (Wildman–Crippen MR) is 129 cm³/mol. The zero-order valence-electron chi connectivity index (χ0n) is 21.6. The lowest BCUT2D eigenvalue weighted by Crippen LogP contribution is -3.12. The summed E-state index contributed by atoms with van der Waals surface area (Å²) in [5, 5.41) is 24.0. The summed E-state index contributed by atoms with van der Waals surface area (Å²) < 4.78 is 0. The summed E-state index contributed by atoms with van der Waals surface area (Å²) in [5.41, 5.74) is 0. The van der Waals surface area contributed by atoms with Gasteiger partial charge in [-0.3, -0.25) is 0 Å². The Labute approximate surface area is 190 Å². The topological polar surface area (TPSA) is 75.2 Å². The molecule has 0 amide bonds. The van der Waals surface area contributed by atoms with Gasteiger partial charge in [-0.15, -0.1) is 0 Å². The van der Waals surface area contributed by atoms with Crippen LogP contribution in [-0.2, 0) is 0 Å². The van der Waals surface area contributed by atoms with Gasteiger partial charge in [0.25, 0.3) is 0 Å². The number of hydrogen-bond acceptors (Lipinski definition) is 3. The predicted octanol–water partition coefficient (Wildman–Crippen LogP) is 1.23. The fourth-order valence-corrected chi connectivity index (χ4v) is 3.31. The van der Waals surface area contributed by atoms with Gasteiger partial charge in [0.05, 0.1) is 46.6 Å². The highest BCUT2D eigenvalue weighted by molar-refractivity contribution is 6.26. The third-order valence-electron chi connectivity index (χ3n) is 5.30. The highest BCUT2D eigenvalue weighted by Gasteiger charge is 2.06. The van der Waals surface area contributed by atoms with Crippen molar-refractivity contribution in [3.05, 3.63) is 0 Å². The molecule has 0 aromatic carbocycles. The number of rotatable bonds is 18. The fraction of sp³-hybridized carbons (Fsp3) is 1.00. The highest BCUT2D eigenvalue weighted by atomic mass is 16.5. The second-order valence-corrected chi connectivity index (χ2v) is 8.43. The molecule has 0 aromatic heterocycles. The van der Waals surface area contributed by atoms with Crippen molar-refractivity contribution in [2.75, 3.05) is 39.3 Å². The molecule has 0 fully saturated rings. The SMILES string of the molecule is CCCC[NH+](CCCC)CCCC.CCCC[NH+](CCCC)CCCC.[O-]B([O-])O. The van der Waals surface area contributed by atoms with Crippen LogP contribution in [0, 0.1) is 0 Å². The van der Waals surface area contributed by atoms with Crippen molar-refractivity contribution >= 4 is 7.32 Å². The van der Waals surface area contributed by atoms with Gasteiger partial charge < -0.3 is 24.9 Å². The van der Waals surface area contributed by atoms with Crippen LogP contribution in [0.1, 0.15) is 119 Å². The Morgan fingerprint density at radius 3 is 0.700 bits per heavy atom. The Morgan fingerprint density at radius 1 is 0.467 bits per heavy atom. The minimum absolute atomic E-state index is 1.35. The number of quaternary nitrogens is 2. The molecule has 0 spiro atoms. The molecule has 184 valence electrons. The molecule has 3 N–H and O–H groups in total. The largest absolute Gasteiger partial charge is 0.871 e. The van der Waals surface area contributed by atoms with Gasteiger partial charge in [0, 0.05) is 0 Å². The van der Waals surface area contributed by atoms with E-state index in [4.69, 9.17) is 15.1 Å². The molecule has 0 heterocycles. The summed E-state index contributed by atoms with van der Waals surface area (Å²) in [4.78, 5) is 3.68. The summed E-state index contributed by atoms with van der Waals surface area (Å²) in [5.74, 6) is 0. The van der Waals surface area contributed by atoms with Crippen LogP contribution in [0.15, 0.2) is 0 Å². The van der Waals surface area contributed by atoms with E-state index in [1.165, 1.54) is 116 Å². The lowest BCUT2D eigenvalue weighted by molar-refractivity contribution is -0.900. The van der Waals surface area contributed by atoms with Crippen LogP contribution >= 0.6 is 0 Å². The molecule has 0 aliphatic carbocycles. The Hall–Kier alpha value is -0.135. The second-order valence-electron chi connectivity index (χ2n) is 8.43. The molecule has 0 aliphatic heterocycles. The molecule has 0 rings (SSSR count). The summed E-state index contributed by atoms with van der Waals surface area (Å²) in [6, 6.07) is 0. The molecule has 0 saturated carbocycles. The maximum atomic E-state index is 8.53. The number of nitrogens with one attached hydrogen (secondary N) is 2. The van der Waals surface area contributed by atoms with Gasteiger partial charge in [0.1, 0.15) is 0 Å². The fourth-order valence-electron chi connectivity index (χ4n) is 3.31. The standard InChI is InChI=1S/2C12H27N.BHO3/c2*1-4-7-10-13(11-8-5-2)12-9-6-3;2-1(3)4/h2*4-12H2,1-3H3;2H/q;;-2/p+2. The minimum atomic E-state index is -2.67. The van der Waals surface area contributed by atoms with E-state index in [1.807, 2.05) is 9.80 Å². The van der Waals surface area contributed by atoms with Gasteiger partial charge in [-0.2, -0.15) is 0 Å². The van der Waals surface area contributed by atoms with E-state index in [9.17, 15) is 0 Å². The van der Waals surface area contributed by atoms with Crippen LogP contribution in [0.2, 0.25) is 0 Å². The van der Waals surface area contributed by atoms with Crippen LogP contribution in [0.3, 0.4) is 0 Å². The first kappa shape index (κ1) is 34.5. The first-order valence-corrected chi connectivity index (χ1v) is 13.1. The van der Waals surface area contributed by atoms with E-state index in [2.05, 4.69) is 41.5 Å². The summed E-state index contributed by atoms with van der Waals surface area (Å²) in [6.07, 6.45) is 16.5. The highest BCUT2D eigenvalue weighted by Crippen LogP contribution is 1.86. The van der Waals surface area contributed by atoms with Gasteiger partial charge >= 0.3 is 0 Å². The van der Waals surface area contributed by atoms with Crippen molar-refractivity contribution in [2.45, 2.75) is 119 Å². The lowest BCUT2D eigenvalue weighted by Gasteiger charge is -2.18. The molecule has 0 bridgehead atoms. The van der Waals surface area contributed by atoms with Crippen molar-refractivity contribution in [2.24, 2.45) is 0 Å². The van der Waals surface area contributed by atoms with E-state index < -0.39 is 7.32 Å². The quantitative estimate of drug-likeness (QED) is 0.285. The van der Waals surface area contributed by atoms with Crippen molar-refractivity contribution in [3.63, 3.8) is 0 Å². The molecule has 0 aromatic rings. The van der Waals surface area contributed by atoms with E-state index in [-0.39, 0.29) is 0 Å². The van der Waals surface area contributed by atoms with Crippen molar-refractivity contribution in [1.82, 2.24) is 0 Å². The molecular weight excluding hydrogens is 375 g/mol. The van der Waals surface area contributed by atoms with E-state index in [1.54, 1.807) is 0 Å².